The molecule has 2 aromatic heterocycles. The van der Waals surface area contributed by atoms with Crippen LogP contribution in [0.5, 0.6) is 0 Å². The molecule has 0 radical (unpaired) electrons. The molecule has 8 heteroatoms. The molecule has 0 bridgehead atoms. The maximum Gasteiger partial charge on any atom is 0.335 e. The number of nitrogens with one attached hydrogen (secondary N) is 1. The molecule has 3 heterocycles. The third kappa shape index (κ3) is 3.90. The number of carboxylic acid groups (broad SMARTS) is 1. The van der Waals surface area contributed by atoms with E-state index in [0.717, 1.165) is 38.8 Å². The Hall–Kier alpha value is -3.23. The van der Waals surface area contributed by atoms with Crippen molar-refractivity contribution in [2.45, 2.75) is 50.5 Å². The van der Waals surface area contributed by atoms with Crippen LogP contribution in [0.1, 0.15) is 50.8 Å². The highest BCUT2D eigenvalue weighted by atomic mass is 19.1. The number of methoxy groups -OCH3 is 1. The molecule has 2 atom stereocenters. The van der Waals surface area contributed by atoms with Gasteiger partial charge in [0, 0.05) is 40.6 Å². The first-order valence-corrected chi connectivity index (χ1v) is 11.8. The molecular formula is C27H30FN3O4. The number of hydrogen-bond acceptors (Lipinski definition) is 4. The number of aromatic nitrogens is 3. The number of carbonyl (C=O) groups is 1. The van der Waals surface area contributed by atoms with Gasteiger partial charge in [0.2, 0.25) is 0 Å². The summed E-state index contributed by atoms with van der Waals surface area (Å²) in [5.41, 5.74) is 3.30. The molecule has 1 aliphatic rings. The van der Waals surface area contributed by atoms with Crippen molar-refractivity contribution >= 4 is 27.8 Å². The zero-order valence-electron chi connectivity index (χ0n) is 20.4. The Labute approximate surface area is 202 Å². The maximum atomic E-state index is 13.9. The summed E-state index contributed by atoms with van der Waals surface area (Å²) in [4.78, 5) is 11.8. The molecule has 35 heavy (non-hydrogen) atoms. The standard InChI is InChI=1S/C27H30FN3O4/c1-26(2,15-34-4)24-23(16-9-10-27(3,25(32)33)35-14-16)20-12-21-17(13-29-30-21)11-22(20)31(24)19-7-5-18(28)6-8-19/h5-8,11-13,16H,9-10,14-15H2,1-4H3,(H,29,30)(H,32,33)/t16?,27-/m0/s1. The van der Waals surface area contributed by atoms with Crippen molar-refractivity contribution in [1.82, 2.24) is 14.8 Å². The topological polar surface area (TPSA) is 89.4 Å². The minimum Gasteiger partial charge on any atom is -0.479 e. The second-order valence-electron chi connectivity index (χ2n) is 10.3. The average Bonchev–Trinajstić information content (AvgIpc) is 3.41. The maximum absolute atomic E-state index is 13.9. The van der Waals surface area contributed by atoms with Gasteiger partial charge in [-0.3, -0.25) is 5.10 Å². The minimum absolute atomic E-state index is 0.0156. The monoisotopic (exact) mass is 479 g/mol. The lowest BCUT2D eigenvalue weighted by Gasteiger charge is -2.36. The smallest absolute Gasteiger partial charge is 0.335 e. The van der Waals surface area contributed by atoms with Crippen LogP contribution in [0.4, 0.5) is 4.39 Å². The zero-order chi connectivity index (χ0) is 25.0. The molecule has 0 saturated carbocycles. The summed E-state index contributed by atoms with van der Waals surface area (Å²) >= 11 is 0. The number of benzene rings is 2. The number of halogens is 1. The van der Waals surface area contributed by atoms with Crippen LogP contribution in [0.2, 0.25) is 0 Å². The highest BCUT2D eigenvalue weighted by Gasteiger charge is 2.42. The number of carboxylic acids is 1. The van der Waals surface area contributed by atoms with Gasteiger partial charge in [-0.1, -0.05) is 13.8 Å². The van der Waals surface area contributed by atoms with Gasteiger partial charge in [0.25, 0.3) is 0 Å². The quantitative estimate of drug-likeness (QED) is 0.391. The van der Waals surface area contributed by atoms with Gasteiger partial charge in [-0.2, -0.15) is 5.10 Å². The van der Waals surface area contributed by atoms with E-state index in [2.05, 4.69) is 40.7 Å². The van der Waals surface area contributed by atoms with Gasteiger partial charge in [0.1, 0.15) is 5.82 Å². The number of aliphatic carboxylic acids is 1. The van der Waals surface area contributed by atoms with E-state index in [1.165, 1.54) is 12.1 Å². The molecular weight excluding hydrogens is 449 g/mol. The summed E-state index contributed by atoms with van der Waals surface area (Å²) in [5, 5.41) is 18.9. The Balaban J connectivity index is 1.80. The summed E-state index contributed by atoms with van der Waals surface area (Å²) in [6.45, 7) is 6.66. The Bertz CT molecular complexity index is 1400. The minimum atomic E-state index is -1.19. The first-order valence-electron chi connectivity index (χ1n) is 11.8. The first-order chi connectivity index (χ1) is 16.6. The Morgan fingerprint density at radius 2 is 2.09 bits per heavy atom. The number of ether oxygens (including phenoxy) is 2. The summed E-state index contributed by atoms with van der Waals surface area (Å²) < 4.78 is 27.6. The Morgan fingerprint density at radius 1 is 1.34 bits per heavy atom. The van der Waals surface area contributed by atoms with Crippen LogP contribution < -0.4 is 0 Å². The van der Waals surface area contributed by atoms with Crippen molar-refractivity contribution in [3.8, 4) is 5.69 Å². The highest BCUT2D eigenvalue weighted by molar-refractivity contribution is 5.99. The molecule has 0 aliphatic carbocycles. The number of fused-ring (bicyclic) bond motifs is 2. The average molecular weight is 480 g/mol. The predicted molar refractivity (Wildman–Crippen MR) is 132 cm³/mol. The van der Waals surface area contributed by atoms with Crippen molar-refractivity contribution in [2.75, 3.05) is 20.3 Å². The lowest BCUT2D eigenvalue weighted by atomic mass is 9.79. The number of aromatic amines is 1. The molecule has 1 fully saturated rings. The predicted octanol–water partition coefficient (Wildman–Crippen LogP) is 5.31. The van der Waals surface area contributed by atoms with Gasteiger partial charge >= 0.3 is 5.97 Å². The molecule has 2 aromatic carbocycles. The van der Waals surface area contributed by atoms with Gasteiger partial charge in [-0.15, -0.1) is 0 Å². The first kappa shape index (κ1) is 23.5. The Morgan fingerprint density at radius 3 is 2.71 bits per heavy atom. The summed E-state index contributed by atoms with van der Waals surface area (Å²) in [6.07, 6.45) is 2.87. The lowest BCUT2D eigenvalue weighted by Crippen LogP contribution is -2.43. The Kier molecular flexibility index (Phi) is 5.68. The fourth-order valence-corrected chi connectivity index (χ4v) is 5.40. The number of nitrogens with zero attached hydrogens (tertiary/aromatic N) is 2. The summed E-state index contributed by atoms with van der Waals surface area (Å²) in [5.74, 6) is -1.25. The normalized spacial score (nSPS) is 21.1. The second-order valence-corrected chi connectivity index (χ2v) is 10.3. The highest BCUT2D eigenvalue weighted by Crippen LogP contribution is 2.45. The van der Waals surface area contributed by atoms with Crippen molar-refractivity contribution in [1.29, 1.82) is 0 Å². The second kappa shape index (κ2) is 8.46. The van der Waals surface area contributed by atoms with Gasteiger partial charge in [-0.25, -0.2) is 9.18 Å². The van der Waals surface area contributed by atoms with Crippen LogP contribution in [0.25, 0.3) is 27.5 Å². The van der Waals surface area contributed by atoms with Crippen molar-refractivity contribution in [3.05, 3.63) is 59.7 Å². The SMILES string of the molecule is COCC(C)(C)c1c(C2CC[C@@](C)(C(=O)O)OC2)c2cc3[nH]ncc3cc2n1-c1ccc(F)cc1. The number of rotatable bonds is 6. The van der Waals surface area contributed by atoms with E-state index < -0.39 is 17.0 Å². The van der Waals surface area contributed by atoms with Gasteiger partial charge in [0.15, 0.2) is 5.60 Å². The number of H-pyrrole nitrogens is 1. The van der Waals surface area contributed by atoms with Crippen LogP contribution in [-0.4, -0.2) is 51.8 Å². The van der Waals surface area contributed by atoms with Gasteiger partial charge in [0.05, 0.1) is 30.4 Å². The van der Waals surface area contributed by atoms with Gasteiger partial charge in [-0.05, 0) is 61.7 Å². The molecule has 1 saturated heterocycles. The van der Waals surface area contributed by atoms with Gasteiger partial charge < -0.3 is 19.1 Å². The fraction of sp³-hybridized carbons (Fsp3) is 0.407. The van der Waals surface area contributed by atoms with E-state index in [9.17, 15) is 14.3 Å². The molecule has 0 amide bonds. The van der Waals surface area contributed by atoms with Crippen LogP contribution in [0, 0.1) is 5.82 Å². The molecule has 7 nitrogen and oxygen atoms in total. The van der Waals surface area contributed by atoms with Crippen LogP contribution in [-0.2, 0) is 19.7 Å². The number of hydrogen-bond donors (Lipinski definition) is 2. The zero-order valence-corrected chi connectivity index (χ0v) is 20.4. The van der Waals surface area contributed by atoms with E-state index in [1.54, 1.807) is 32.4 Å². The summed E-state index contributed by atoms with van der Waals surface area (Å²) in [6, 6.07) is 10.7. The molecule has 0 spiro atoms. The largest absolute Gasteiger partial charge is 0.479 e. The molecule has 1 aliphatic heterocycles. The van der Waals surface area contributed by atoms with E-state index in [4.69, 9.17) is 9.47 Å². The van der Waals surface area contributed by atoms with Crippen molar-refractivity contribution in [2.24, 2.45) is 0 Å². The molecule has 5 rings (SSSR count). The molecule has 1 unspecified atom stereocenters. The van der Waals surface area contributed by atoms with E-state index in [-0.39, 0.29) is 11.7 Å². The van der Waals surface area contributed by atoms with Crippen molar-refractivity contribution < 1.29 is 23.8 Å². The van der Waals surface area contributed by atoms with Crippen LogP contribution >= 0.6 is 0 Å². The molecule has 184 valence electrons. The van der Waals surface area contributed by atoms with E-state index >= 15 is 0 Å². The molecule has 4 aromatic rings. The van der Waals surface area contributed by atoms with E-state index in [1.807, 2.05) is 0 Å². The fourth-order valence-electron chi connectivity index (χ4n) is 5.40. The third-order valence-corrected chi connectivity index (χ3v) is 7.23. The summed E-state index contributed by atoms with van der Waals surface area (Å²) in [7, 11) is 1.68. The lowest BCUT2D eigenvalue weighted by molar-refractivity contribution is -0.170. The van der Waals surface area contributed by atoms with Crippen LogP contribution in [0.3, 0.4) is 0 Å². The molecule has 2 N–H and O–H groups in total. The third-order valence-electron chi connectivity index (χ3n) is 7.23. The van der Waals surface area contributed by atoms with Crippen LogP contribution in [0.15, 0.2) is 42.6 Å². The van der Waals surface area contributed by atoms with E-state index in [0.29, 0.717) is 26.1 Å². The van der Waals surface area contributed by atoms with Crippen molar-refractivity contribution in [3.63, 3.8) is 0 Å².